The zero-order valence-electron chi connectivity index (χ0n) is 7.84. The molecule has 0 aliphatic heterocycles. The first-order chi connectivity index (χ1) is 5.35. The van der Waals surface area contributed by atoms with E-state index in [4.69, 9.17) is 5.73 Å². The number of hydrogen-bond donors (Lipinski definition) is 1. The molecule has 0 saturated carbocycles. The van der Waals surface area contributed by atoms with Crippen LogP contribution in [0.1, 0.15) is 39.5 Å². The van der Waals surface area contributed by atoms with Gasteiger partial charge in [0.2, 0.25) is 0 Å². The van der Waals surface area contributed by atoms with E-state index in [0.717, 1.165) is 6.54 Å². The summed E-state index contributed by atoms with van der Waals surface area (Å²) in [5, 5.41) is 0. The van der Waals surface area contributed by atoms with E-state index in [-0.39, 0.29) is 0 Å². The van der Waals surface area contributed by atoms with Crippen LogP contribution in [0.2, 0.25) is 0 Å². The highest BCUT2D eigenvalue weighted by atomic mass is 14.5. The van der Waals surface area contributed by atoms with Crippen LogP contribution in [0.4, 0.5) is 0 Å². The molecule has 0 aliphatic rings. The molecule has 0 bridgehead atoms. The van der Waals surface area contributed by atoms with Crippen molar-refractivity contribution in [3.63, 3.8) is 0 Å². The Morgan fingerprint density at radius 2 is 2.09 bits per heavy atom. The lowest BCUT2D eigenvalue weighted by atomic mass is 10.0. The fourth-order valence-corrected chi connectivity index (χ4v) is 1.22. The summed E-state index contributed by atoms with van der Waals surface area (Å²) < 4.78 is 0. The van der Waals surface area contributed by atoms with Crippen molar-refractivity contribution in [1.29, 1.82) is 0 Å². The second-order valence-electron chi connectivity index (χ2n) is 3.02. The van der Waals surface area contributed by atoms with Crippen LogP contribution in [0.15, 0.2) is 12.2 Å². The Morgan fingerprint density at radius 1 is 1.36 bits per heavy atom. The summed E-state index contributed by atoms with van der Waals surface area (Å²) >= 11 is 0. The summed E-state index contributed by atoms with van der Waals surface area (Å²) in [5.74, 6) is 0.617. The van der Waals surface area contributed by atoms with E-state index in [0.29, 0.717) is 5.92 Å². The van der Waals surface area contributed by atoms with Crippen LogP contribution in [0.3, 0.4) is 0 Å². The van der Waals surface area contributed by atoms with Crippen molar-refractivity contribution in [2.75, 3.05) is 6.54 Å². The van der Waals surface area contributed by atoms with Gasteiger partial charge in [0.15, 0.2) is 0 Å². The molecular formula is C10H21N. The molecule has 66 valence electrons. The summed E-state index contributed by atoms with van der Waals surface area (Å²) in [6, 6.07) is 0. The molecule has 1 atom stereocenters. The lowest BCUT2D eigenvalue weighted by Gasteiger charge is -2.08. The Balaban J connectivity index is 3.36. The number of unbranched alkanes of at least 4 members (excludes halogenated alkanes) is 2. The van der Waals surface area contributed by atoms with E-state index in [9.17, 15) is 0 Å². The van der Waals surface area contributed by atoms with E-state index in [2.05, 4.69) is 26.0 Å². The first-order valence-electron chi connectivity index (χ1n) is 4.68. The van der Waals surface area contributed by atoms with E-state index in [1.165, 1.54) is 25.7 Å². The van der Waals surface area contributed by atoms with Crippen LogP contribution in [0.5, 0.6) is 0 Å². The van der Waals surface area contributed by atoms with Crippen molar-refractivity contribution in [3.8, 4) is 0 Å². The minimum atomic E-state index is 0.617. The van der Waals surface area contributed by atoms with Crippen LogP contribution in [-0.4, -0.2) is 6.54 Å². The number of allylic oxidation sites excluding steroid dienone is 1. The maximum absolute atomic E-state index is 5.59. The molecule has 0 aromatic heterocycles. The SMILES string of the molecule is C/C=C/[C@@H](CN)CCCCC. The second kappa shape index (κ2) is 7.80. The van der Waals surface area contributed by atoms with E-state index < -0.39 is 0 Å². The summed E-state index contributed by atoms with van der Waals surface area (Å²) in [4.78, 5) is 0. The average molecular weight is 155 g/mol. The zero-order valence-corrected chi connectivity index (χ0v) is 7.84. The van der Waals surface area contributed by atoms with Crippen LogP contribution in [0.25, 0.3) is 0 Å². The predicted molar refractivity (Wildman–Crippen MR) is 51.5 cm³/mol. The molecule has 0 amide bonds. The molecule has 0 rings (SSSR count). The van der Waals surface area contributed by atoms with Gasteiger partial charge in [-0.1, -0.05) is 38.3 Å². The van der Waals surface area contributed by atoms with Crippen molar-refractivity contribution in [2.24, 2.45) is 11.7 Å². The average Bonchev–Trinajstić information content (AvgIpc) is 2.03. The predicted octanol–water partition coefficient (Wildman–Crippen LogP) is 2.72. The molecule has 0 heterocycles. The maximum atomic E-state index is 5.59. The maximum Gasteiger partial charge on any atom is -0.00142 e. The van der Waals surface area contributed by atoms with Gasteiger partial charge in [0.05, 0.1) is 0 Å². The van der Waals surface area contributed by atoms with Gasteiger partial charge in [0, 0.05) is 0 Å². The first-order valence-corrected chi connectivity index (χ1v) is 4.68. The second-order valence-corrected chi connectivity index (χ2v) is 3.02. The van der Waals surface area contributed by atoms with Crippen molar-refractivity contribution in [2.45, 2.75) is 39.5 Å². The molecular weight excluding hydrogens is 134 g/mol. The fraction of sp³-hybridized carbons (Fsp3) is 0.800. The van der Waals surface area contributed by atoms with Gasteiger partial charge in [-0.15, -0.1) is 0 Å². The van der Waals surface area contributed by atoms with Crippen molar-refractivity contribution in [3.05, 3.63) is 12.2 Å². The molecule has 0 aromatic rings. The van der Waals surface area contributed by atoms with Crippen LogP contribution >= 0.6 is 0 Å². The van der Waals surface area contributed by atoms with Gasteiger partial charge in [-0.3, -0.25) is 0 Å². The Bertz CT molecular complexity index is 97.0. The third kappa shape index (κ3) is 6.11. The smallest absolute Gasteiger partial charge is 0.00142 e. The van der Waals surface area contributed by atoms with Crippen molar-refractivity contribution >= 4 is 0 Å². The molecule has 0 aliphatic carbocycles. The Kier molecular flexibility index (Phi) is 7.59. The monoisotopic (exact) mass is 155 g/mol. The quantitative estimate of drug-likeness (QED) is 0.463. The van der Waals surface area contributed by atoms with Gasteiger partial charge in [-0.05, 0) is 25.8 Å². The molecule has 0 spiro atoms. The lowest BCUT2D eigenvalue weighted by Crippen LogP contribution is -2.11. The summed E-state index contributed by atoms with van der Waals surface area (Å²) in [7, 11) is 0. The fourth-order valence-electron chi connectivity index (χ4n) is 1.22. The van der Waals surface area contributed by atoms with E-state index in [1.54, 1.807) is 0 Å². The standard InChI is InChI=1S/C10H21N/c1-3-5-6-8-10(9-11)7-4-2/h4,7,10H,3,5-6,8-9,11H2,1-2H3/b7-4+/t10-/m1/s1. The lowest BCUT2D eigenvalue weighted by molar-refractivity contribution is 0.547. The summed E-state index contributed by atoms with van der Waals surface area (Å²) in [6.07, 6.45) is 9.54. The Morgan fingerprint density at radius 3 is 2.55 bits per heavy atom. The number of rotatable bonds is 6. The van der Waals surface area contributed by atoms with Gasteiger partial charge in [0.1, 0.15) is 0 Å². The third-order valence-corrected chi connectivity index (χ3v) is 1.95. The highest BCUT2D eigenvalue weighted by Gasteiger charge is 1.99. The highest BCUT2D eigenvalue weighted by Crippen LogP contribution is 2.09. The van der Waals surface area contributed by atoms with Gasteiger partial charge < -0.3 is 5.73 Å². The Labute approximate surface area is 70.7 Å². The molecule has 2 N–H and O–H groups in total. The molecule has 0 unspecified atom stereocenters. The van der Waals surface area contributed by atoms with Crippen molar-refractivity contribution < 1.29 is 0 Å². The van der Waals surface area contributed by atoms with Gasteiger partial charge >= 0.3 is 0 Å². The minimum absolute atomic E-state index is 0.617. The number of hydrogen-bond acceptors (Lipinski definition) is 1. The first kappa shape index (κ1) is 10.7. The highest BCUT2D eigenvalue weighted by molar-refractivity contribution is 4.85. The van der Waals surface area contributed by atoms with Crippen LogP contribution < -0.4 is 5.73 Å². The summed E-state index contributed by atoms with van der Waals surface area (Å²) in [5.41, 5.74) is 5.59. The number of nitrogens with two attached hydrogens (primary N) is 1. The molecule has 1 heteroatoms. The van der Waals surface area contributed by atoms with Gasteiger partial charge in [-0.25, -0.2) is 0 Å². The van der Waals surface area contributed by atoms with Gasteiger partial charge in [0.25, 0.3) is 0 Å². The molecule has 0 saturated heterocycles. The summed E-state index contributed by atoms with van der Waals surface area (Å²) in [6.45, 7) is 5.09. The zero-order chi connectivity index (χ0) is 8.53. The molecule has 11 heavy (non-hydrogen) atoms. The minimum Gasteiger partial charge on any atom is -0.330 e. The van der Waals surface area contributed by atoms with Crippen LogP contribution in [-0.2, 0) is 0 Å². The third-order valence-electron chi connectivity index (χ3n) is 1.95. The van der Waals surface area contributed by atoms with Crippen LogP contribution in [0, 0.1) is 5.92 Å². The molecule has 0 aromatic carbocycles. The molecule has 1 nitrogen and oxygen atoms in total. The Hall–Kier alpha value is -0.300. The molecule has 0 fully saturated rings. The molecule has 0 radical (unpaired) electrons. The van der Waals surface area contributed by atoms with Gasteiger partial charge in [-0.2, -0.15) is 0 Å². The normalized spacial score (nSPS) is 14.1. The van der Waals surface area contributed by atoms with Crippen molar-refractivity contribution in [1.82, 2.24) is 0 Å². The largest absolute Gasteiger partial charge is 0.330 e. The van der Waals surface area contributed by atoms with E-state index in [1.807, 2.05) is 0 Å². The van der Waals surface area contributed by atoms with E-state index >= 15 is 0 Å². The topological polar surface area (TPSA) is 26.0 Å².